The van der Waals surface area contributed by atoms with Gasteiger partial charge in [-0.2, -0.15) is 0 Å². The summed E-state index contributed by atoms with van der Waals surface area (Å²) in [5.74, 6) is 6.83. The van der Waals surface area contributed by atoms with Crippen molar-refractivity contribution >= 4 is 17.3 Å². The van der Waals surface area contributed by atoms with Gasteiger partial charge in [-0.3, -0.25) is 4.90 Å². The molecule has 0 amide bonds. The van der Waals surface area contributed by atoms with Crippen LogP contribution in [0.25, 0.3) is 5.65 Å². The van der Waals surface area contributed by atoms with E-state index in [0.717, 1.165) is 18.0 Å². The molecule has 0 saturated carbocycles. The van der Waals surface area contributed by atoms with E-state index in [2.05, 4.69) is 32.5 Å². The topological polar surface area (TPSA) is 83.5 Å². The molecule has 7 nitrogen and oxygen atoms in total. The smallest absolute Gasteiger partial charge is 0.180 e. The summed E-state index contributed by atoms with van der Waals surface area (Å²) in [6, 6.07) is 0.490. The largest absolute Gasteiger partial charge is 0.365 e. The number of hydrogen-bond acceptors (Lipinski definition) is 6. The van der Waals surface area contributed by atoms with Crippen molar-refractivity contribution < 1.29 is 0 Å². The fourth-order valence-electron chi connectivity index (χ4n) is 2.68. The molecule has 0 radical (unpaired) electrons. The predicted octanol–water partition coefficient (Wildman–Crippen LogP) is 0.911. The Labute approximate surface area is 118 Å². The van der Waals surface area contributed by atoms with Gasteiger partial charge in [-0.1, -0.05) is 0 Å². The van der Waals surface area contributed by atoms with Gasteiger partial charge in [-0.15, -0.1) is 0 Å². The number of nitrogens with zero attached hydrogens (tertiary/aromatic N) is 4. The SMILES string of the molecule is CC(CNc1nc(NN)cn2ccnc12)N1CCCC1. The lowest BCUT2D eigenvalue weighted by Crippen LogP contribution is -2.35. The Morgan fingerprint density at radius 1 is 1.40 bits per heavy atom. The van der Waals surface area contributed by atoms with Crippen LogP contribution in [0.2, 0.25) is 0 Å². The van der Waals surface area contributed by atoms with Crippen LogP contribution in [-0.2, 0) is 0 Å². The molecule has 1 unspecified atom stereocenters. The highest BCUT2D eigenvalue weighted by Gasteiger charge is 2.18. The zero-order valence-corrected chi connectivity index (χ0v) is 11.7. The Kier molecular flexibility index (Phi) is 3.70. The predicted molar refractivity (Wildman–Crippen MR) is 79.6 cm³/mol. The molecule has 3 rings (SSSR count). The number of nitrogens with two attached hydrogens (primary N) is 1. The van der Waals surface area contributed by atoms with Gasteiger partial charge in [0.25, 0.3) is 0 Å². The Morgan fingerprint density at radius 2 is 2.20 bits per heavy atom. The standard InChI is InChI=1S/C13H21N7/c1-10(19-5-2-3-6-19)8-16-12-13-15-4-7-20(13)9-11(17-12)18-14/h4,7,9-10,18H,2-3,5-6,8,14H2,1H3,(H,16,17). The maximum absolute atomic E-state index is 5.45. The van der Waals surface area contributed by atoms with Gasteiger partial charge < -0.3 is 15.1 Å². The molecule has 1 fully saturated rings. The summed E-state index contributed by atoms with van der Waals surface area (Å²) in [5, 5.41) is 3.39. The number of likely N-dealkylation sites (tertiary alicyclic amines) is 1. The molecule has 4 N–H and O–H groups in total. The fourth-order valence-corrected chi connectivity index (χ4v) is 2.68. The van der Waals surface area contributed by atoms with E-state index < -0.39 is 0 Å². The third-order valence-electron chi connectivity index (χ3n) is 3.85. The molecular weight excluding hydrogens is 254 g/mol. The van der Waals surface area contributed by atoms with Crippen LogP contribution in [0.1, 0.15) is 19.8 Å². The van der Waals surface area contributed by atoms with E-state index in [-0.39, 0.29) is 0 Å². The Morgan fingerprint density at radius 3 is 2.95 bits per heavy atom. The first-order valence-electron chi connectivity index (χ1n) is 7.06. The minimum absolute atomic E-state index is 0.490. The summed E-state index contributed by atoms with van der Waals surface area (Å²) in [6.07, 6.45) is 8.07. The molecule has 7 heteroatoms. The van der Waals surface area contributed by atoms with Gasteiger partial charge in [0.05, 0.1) is 6.20 Å². The lowest BCUT2D eigenvalue weighted by atomic mass is 10.3. The van der Waals surface area contributed by atoms with E-state index in [0.29, 0.717) is 11.9 Å². The minimum atomic E-state index is 0.490. The van der Waals surface area contributed by atoms with Crippen molar-refractivity contribution in [2.24, 2.45) is 5.84 Å². The van der Waals surface area contributed by atoms with Gasteiger partial charge in [0.2, 0.25) is 0 Å². The van der Waals surface area contributed by atoms with Crippen LogP contribution in [0, 0.1) is 0 Å². The first kappa shape index (κ1) is 13.1. The molecule has 0 bridgehead atoms. The summed E-state index contributed by atoms with van der Waals surface area (Å²) < 4.78 is 1.91. The van der Waals surface area contributed by atoms with Gasteiger partial charge >= 0.3 is 0 Å². The molecule has 0 spiro atoms. The van der Waals surface area contributed by atoms with Crippen LogP contribution < -0.4 is 16.6 Å². The van der Waals surface area contributed by atoms with E-state index in [1.807, 2.05) is 16.8 Å². The van der Waals surface area contributed by atoms with Crippen LogP contribution in [0.15, 0.2) is 18.6 Å². The van der Waals surface area contributed by atoms with Gasteiger partial charge in [0.15, 0.2) is 17.3 Å². The summed E-state index contributed by atoms with van der Waals surface area (Å²) in [7, 11) is 0. The van der Waals surface area contributed by atoms with E-state index in [4.69, 9.17) is 5.84 Å². The lowest BCUT2D eigenvalue weighted by Gasteiger charge is -2.24. The van der Waals surface area contributed by atoms with Crippen LogP contribution in [0.3, 0.4) is 0 Å². The van der Waals surface area contributed by atoms with Crippen molar-refractivity contribution in [3.63, 3.8) is 0 Å². The van der Waals surface area contributed by atoms with Crippen LogP contribution in [0.5, 0.6) is 0 Å². The third kappa shape index (κ3) is 2.54. The molecule has 1 saturated heterocycles. The zero-order valence-electron chi connectivity index (χ0n) is 11.7. The van der Waals surface area contributed by atoms with Crippen molar-refractivity contribution in [3.05, 3.63) is 18.6 Å². The number of nitrogen functional groups attached to an aromatic ring is 1. The summed E-state index contributed by atoms with van der Waals surface area (Å²) in [5.41, 5.74) is 3.40. The van der Waals surface area contributed by atoms with Crippen LogP contribution in [0.4, 0.5) is 11.6 Å². The molecule has 20 heavy (non-hydrogen) atoms. The van der Waals surface area contributed by atoms with E-state index >= 15 is 0 Å². The van der Waals surface area contributed by atoms with Crippen LogP contribution in [-0.4, -0.2) is 44.9 Å². The highest BCUT2D eigenvalue weighted by molar-refractivity contribution is 5.65. The number of rotatable bonds is 5. The van der Waals surface area contributed by atoms with Crippen LogP contribution >= 0.6 is 0 Å². The molecular formula is C13H21N7. The molecule has 0 aliphatic carbocycles. The third-order valence-corrected chi connectivity index (χ3v) is 3.85. The summed E-state index contributed by atoms with van der Waals surface area (Å²) in [4.78, 5) is 11.3. The Balaban J connectivity index is 1.74. The van der Waals surface area contributed by atoms with Crippen molar-refractivity contribution in [3.8, 4) is 0 Å². The second-order valence-electron chi connectivity index (χ2n) is 5.25. The molecule has 1 aliphatic heterocycles. The van der Waals surface area contributed by atoms with Gasteiger partial charge in [-0.25, -0.2) is 15.8 Å². The molecule has 3 heterocycles. The fraction of sp³-hybridized carbons (Fsp3) is 0.538. The second-order valence-corrected chi connectivity index (χ2v) is 5.25. The number of anilines is 2. The average molecular weight is 275 g/mol. The summed E-state index contributed by atoms with van der Waals surface area (Å²) in [6.45, 7) is 5.48. The normalized spacial score (nSPS) is 17.5. The van der Waals surface area contributed by atoms with Crippen molar-refractivity contribution in [1.82, 2.24) is 19.3 Å². The highest BCUT2D eigenvalue weighted by Crippen LogP contribution is 2.17. The average Bonchev–Trinajstić information content (AvgIpc) is 3.14. The van der Waals surface area contributed by atoms with E-state index in [1.165, 1.54) is 25.9 Å². The number of aromatic nitrogens is 3. The number of hydrazine groups is 1. The number of imidazole rings is 1. The van der Waals surface area contributed by atoms with E-state index in [1.54, 1.807) is 6.20 Å². The van der Waals surface area contributed by atoms with Crippen molar-refractivity contribution in [2.75, 3.05) is 30.4 Å². The number of fused-ring (bicyclic) bond motifs is 1. The monoisotopic (exact) mass is 275 g/mol. The quantitative estimate of drug-likeness (QED) is 0.556. The number of nitrogens with one attached hydrogen (secondary N) is 2. The summed E-state index contributed by atoms with van der Waals surface area (Å²) >= 11 is 0. The van der Waals surface area contributed by atoms with Crippen molar-refractivity contribution in [1.29, 1.82) is 0 Å². The molecule has 2 aromatic heterocycles. The van der Waals surface area contributed by atoms with Gasteiger partial charge in [0.1, 0.15) is 0 Å². The maximum Gasteiger partial charge on any atom is 0.180 e. The Bertz CT molecular complexity index is 573. The second kappa shape index (κ2) is 5.64. The molecule has 0 aromatic carbocycles. The van der Waals surface area contributed by atoms with E-state index in [9.17, 15) is 0 Å². The molecule has 2 aromatic rings. The molecule has 1 atom stereocenters. The highest BCUT2D eigenvalue weighted by atomic mass is 15.3. The maximum atomic E-state index is 5.45. The lowest BCUT2D eigenvalue weighted by molar-refractivity contribution is 0.269. The Hall–Kier alpha value is -1.86. The first-order chi connectivity index (χ1) is 9.78. The minimum Gasteiger partial charge on any atom is -0.365 e. The first-order valence-corrected chi connectivity index (χ1v) is 7.06. The van der Waals surface area contributed by atoms with Gasteiger partial charge in [-0.05, 0) is 32.9 Å². The van der Waals surface area contributed by atoms with Gasteiger partial charge in [0, 0.05) is 25.0 Å². The zero-order chi connectivity index (χ0) is 13.9. The number of hydrogen-bond donors (Lipinski definition) is 3. The molecule has 108 valence electrons. The van der Waals surface area contributed by atoms with Crippen molar-refractivity contribution in [2.45, 2.75) is 25.8 Å². The molecule has 1 aliphatic rings.